The van der Waals surface area contributed by atoms with Crippen molar-refractivity contribution in [2.75, 3.05) is 28.2 Å². The van der Waals surface area contributed by atoms with Gasteiger partial charge in [-0.25, -0.2) is 0 Å². The summed E-state index contributed by atoms with van der Waals surface area (Å²) in [7, 11) is 7.30. The van der Waals surface area contributed by atoms with Gasteiger partial charge in [-0.1, -0.05) is 0 Å². The van der Waals surface area contributed by atoms with Gasteiger partial charge in [-0.05, 0) is 26.0 Å². The van der Waals surface area contributed by atoms with Gasteiger partial charge in [0.2, 0.25) is 0 Å². The van der Waals surface area contributed by atoms with Crippen LogP contribution in [0.5, 0.6) is 0 Å². The molecule has 4 nitrogen and oxygen atoms in total. The summed E-state index contributed by atoms with van der Waals surface area (Å²) in [6.45, 7) is 3.27. The van der Waals surface area contributed by atoms with Gasteiger partial charge in [0.1, 0.15) is 0 Å². The first-order valence-electron chi connectivity index (χ1n) is 5.46. The number of allylic oxidation sites excluding steroid dienone is 2. The van der Waals surface area contributed by atoms with Crippen molar-refractivity contribution < 1.29 is 9.59 Å². The van der Waals surface area contributed by atoms with E-state index >= 15 is 0 Å². The highest BCUT2D eigenvalue weighted by Gasteiger charge is 2.32. The summed E-state index contributed by atoms with van der Waals surface area (Å²) >= 11 is 0. The van der Waals surface area contributed by atoms with Crippen molar-refractivity contribution in [3.63, 3.8) is 0 Å². The van der Waals surface area contributed by atoms with E-state index in [1.54, 1.807) is 36.0 Å². The van der Waals surface area contributed by atoms with E-state index in [4.69, 9.17) is 0 Å². The first kappa shape index (κ1) is 15.4. The van der Waals surface area contributed by atoms with Crippen LogP contribution >= 0.6 is 0 Å². The number of ketones is 2. The second kappa shape index (κ2) is 6.23. The molecule has 0 atom stereocenters. The molecule has 0 heterocycles. The van der Waals surface area contributed by atoms with E-state index in [1.807, 2.05) is 28.2 Å². The molecule has 0 aliphatic rings. The van der Waals surface area contributed by atoms with Gasteiger partial charge in [-0.3, -0.25) is 9.59 Å². The highest BCUT2D eigenvalue weighted by molar-refractivity contribution is 6.14. The molecule has 96 valence electrons. The summed E-state index contributed by atoms with van der Waals surface area (Å²) in [6, 6.07) is 0. The summed E-state index contributed by atoms with van der Waals surface area (Å²) in [5.74, 6) is -0.390. The molecule has 0 unspecified atom stereocenters. The topological polar surface area (TPSA) is 40.6 Å². The van der Waals surface area contributed by atoms with Crippen molar-refractivity contribution in [1.82, 2.24) is 9.80 Å². The Morgan fingerprint density at radius 2 is 1.12 bits per heavy atom. The Morgan fingerprint density at radius 1 is 0.824 bits per heavy atom. The zero-order valence-electron chi connectivity index (χ0n) is 11.5. The third kappa shape index (κ3) is 5.33. The molecule has 0 spiro atoms. The van der Waals surface area contributed by atoms with Crippen LogP contribution in [0, 0.1) is 5.41 Å². The van der Waals surface area contributed by atoms with E-state index in [-0.39, 0.29) is 11.6 Å². The fourth-order valence-corrected chi connectivity index (χ4v) is 0.972. The molecule has 0 fully saturated rings. The van der Waals surface area contributed by atoms with Crippen LogP contribution in [0.25, 0.3) is 0 Å². The number of nitrogens with zero attached hydrogens (tertiary/aromatic N) is 2. The van der Waals surface area contributed by atoms with Crippen LogP contribution in [-0.4, -0.2) is 49.6 Å². The van der Waals surface area contributed by atoms with Gasteiger partial charge < -0.3 is 9.80 Å². The molecular formula is C13H22N2O2. The zero-order chi connectivity index (χ0) is 13.6. The molecule has 0 aromatic heterocycles. The second-order valence-corrected chi connectivity index (χ2v) is 4.91. The van der Waals surface area contributed by atoms with Gasteiger partial charge in [0, 0.05) is 40.6 Å². The number of carbonyl (C=O) groups is 2. The summed E-state index contributed by atoms with van der Waals surface area (Å²) in [4.78, 5) is 27.3. The highest BCUT2D eigenvalue weighted by Crippen LogP contribution is 2.19. The molecular weight excluding hydrogens is 216 g/mol. The molecule has 0 aliphatic heterocycles. The van der Waals surface area contributed by atoms with Crippen molar-refractivity contribution in [1.29, 1.82) is 0 Å². The molecule has 0 radical (unpaired) electrons. The van der Waals surface area contributed by atoms with Crippen LogP contribution in [0.15, 0.2) is 24.6 Å². The van der Waals surface area contributed by atoms with Gasteiger partial charge in [-0.15, -0.1) is 0 Å². The van der Waals surface area contributed by atoms with Crippen LogP contribution in [0.1, 0.15) is 13.8 Å². The molecule has 0 aliphatic carbocycles. The lowest BCUT2D eigenvalue weighted by molar-refractivity contribution is -0.133. The molecule has 4 heteroatoms. The minimum absolute atomic E-state index is 0.195. The average molecular weight is 238 g/mol. The number of rotatable bonds is 6. The number of hydrogen-bond acceptors (Lipinski definition) is 4. The Balaban J connectivity index is 4.77. The van der Waals surface area contributed by atoms with E-state index in [1.165, 1.54) is 12.2 Å². The van der Waals surface area contributed by atoms with Crippen LogP contribution in [0.4, 0.5) is 0 Å². The minimum Gasteiger partial charge on any atom is -0.383 e. The molecule has 0 aromatic carbocycles. The van der Waals surface area contributed by atoms with Crippen molar-refractivity contribution in [2.45, 2.75) is 13.8 Å². The zero-order valence-corrected chi connectivity index (χ0v) is 11.5. The predicted octanol–water partition coefficient (Wildman–Crippen LogP) is 1.30. The average Bonchev–Trinajstić information content (AvgIpc) is 2.21. The van der Waals surface area contributed by atoms with Gasteiger partial charge in [0.15, 0.2) is 11.6 Å². The van der Waals surface area contributed by atoms with Crippen molar-refractivity contribution in [3.05, 3.63) is 24.6 Å². The van der Waals surface area contributed by atoms with E-state index in [0.717, 1.165) is 0 Å². The van der Waals surface area contributed by atoms with Gasteiger partial charge in [0.25, 0.3) is 0 Å². The van der Waals surface area contributed by atoms with E-state index in [2.05, 4.69) is 0 Å². The fourth-order valence-electron chi connectivity index (χ4n) is 0.972. The Kier molecular flexibility index (Phi) is 5.65. The number of hydrogen-bond donors (Lipinski definition) is 0. The van der Waals surface area contributed by atoms with Crippen molar-refractivity contribution in [3.8, 4) is 0 Å². The lowest BCUT2D eigenvalue weighted by Crippen LogP contribution is -2.31. The first-order chi connectivity index (χ1) is 7.67. The Bertz CT molecular complexity index is 307. The summed E-state index contributed by atoms with van der Waals surface area (Å²) in [5.41, 5.74) is -1.01. The highest BCUT2D eigenvalue weighted by atomic mass is 16.2. The van der Waals surface area contributed by atoms with Crippen molar-refractivity contribution in [2.24, 2.45) is 5.41 Å². The summed E-state index contributed by atoms with van der Waals surface area (Å²) in [5, 5.41) is 0. The van der Waals surface area contributed by atoms with E-state index in [0.29, 0.717) is 0 Å². The standard InChI is InChI=1S/C13H22N2O2/c1-13(2,11(16)7-9-14(3)4)12(17)8-10-15(5)6/h7-10H,1-6H3. The maximum absolute atomic E-state index is 11.9. The molecule has 0 N–H and O–H groups in total. The Hall–Kier alpha value is -1.58. The third-order valence-corrected chi connectivity index (χ3v) is 2.28. The van der Waals surface area contributed by atoms with Crippen LogP contribution < -0.4 is 0 Å². The van der Waals surface area contributed by atoms with Crippen LogP contribution in [-0.2, 0) is 9.59 Å². The summed E-state index contributed by atoms with van der Waals surface area (Å²) < 4.78 is 0. The molecule has 0 amide bonds. The minimum atomic E-state index is -1.01. The summed E-state index contributed by atoms with van der Waals surface area (Å²) in [6.07, 6.45) is 6.16. The van der Waals surface area contributed by atoms with Gasteiger partial charge >= 0.3 is 0 Å². The van der Waals surface area contributed by atoms with Gasteiger partial charge in [-0.2, -0.15) is 0 Å². The molecule has 0 bridgehead atoms. The molecule has 0 saturated heterocycles. The van der Waals surface area contributed by atoms with Crippen molar-refractivity contribution >= 4 is 11.6 Å². The second-order valence-electron chi connectivity index (χ2n) is 4.91. The maximum atomic E-state index is 11.9. The molecule has 0 rings (SSSR count). The molecule has 17 heavy (non-hydrogen) atoms. The third-order valence-electron chi connectivity index (χ3n) is 2.28. The lowest BCUT2D eigenvalue weighted by atomic mass is 9.83. The number of carbonyl (C=O) groups excluding carboxylic acids is 2. The monoisotopic (exact) mass is 238 g/mol. The van der Waals surface area contributed by atoms with E-state index in [9.17, 15) is 9.59 Å². The smallest absolute Gasteiger partial charge is 0.170 e. The SMILES string of the molecule is CN(C)C=CC(=O)C(C)(C)C(=O)C=CN(C)C. The molecule has 0 aromatic rings. The predicted molar refractivity (Wildman–Crippen MR) is 69.4 cm³/mol. The quantitative estimate of drug-likeness (QED) is 0.516. The Morgan fingerprint density at radius 3 is 1.35 bits per heavy atom. The van der Waals surface area contributed by atoms with Crippen LogP contribution in [0.3, 0.4) is 0 Å². The Labute approximate surface area is 104 Å². The van der Waals surface area contributed by atoms with Crippen LogP contribution in [0.2, 0.25) is 0 Å². The fraction of sp³-hybridized carbons (Fsp3) is 0.538. The lowest BCUT2D eigenvalue weighted by Gasteiger charge is -2.18. The normalized spacial score (nSPS) is 12.1. The molecule has 0 saturated carbocycles. The van der Waals surface area contributed by atoms with E-state index < -0.39 is 5.41 Å². The van der Waals surface area contributed by atoms with Gasteiger partial charge in [0.05, 0.1) is 5.41 Å². The maximum Gasteiger partial charge on any atom is 0.170 e. The largest absolute Gasteiger partial charge is 0.383 e. The first-order valence-corrected chi connectivity index (χ1v) is 5.46.